The predicted molar refractivity (Wildman–Crippen MR) is 112 cm³/mol. The fraction of sp³-hybridized carbons (Fsp3) is 0.350. The van der Waals surface area contributed by atoms with Gasteiger partial charge in [-0.2, -0.15) is 0 Å². The molecule has 1 aliphatic heterocycles. The molecule has 2 aromatic carbocycles. The third-order valence-corrected chi connectivity index (χ3v) is 7.62. The van der Waals surface area contributed by atoms with Crippen molar-refractivity contribution in [3.8, 4) is 5.75 Å². The number of hydrogen-bond donors (Lipinski definition) is 0. The number of benzene rings is 2. The van der Waals surface area contributed by atoms with E-state index in [1.807, 2.05) is 31.2 Å². The predicted octanol–water partition coefficient (Wildman–Crippen LogP) is 3.02. The molecule has 0 bridgehead atoms. The highest BCUT2D eigenvalue weighted by Gasteiger charge is 2.30. The molecule has 0 saturated heterocycles. The van der Waals surface area contributed by atoms with Crippen LogP contribution in [-0.2, 0) is 21.2 Å². The Balaban J connectivity index is 1.76. The molecule has 28 heavy (non-hydrogen) atoms. The highest BCUT2D eigenvalue weighted by Crippen LogP contribution is 2.34. The number of nitrogens with zero attached hydrogens (tertiary/aromatic N) is 2. The molecule has 6 nitrogen and oxygen atoms in total. The summed E-state index contributed by atoms with van der Waals surface area (Å²) < 4.78 is 31.0. The van der Waals surface area contributed by atoms with Gasteiger partial charge in [0.2, 0.25) is 15.9 Å². The van der Waals surface area contributed by atoms with Gasteiger partial charge in [0.1, 0.15) is 5.75 Å². The fourth-order valence-corrected chi connectivity index (χ4v) is 4.99. The first-order valence-electron chi connectivity index (χ1n) is 8.91. The van der Waals surface area contributed by atoms with Gasteiger partial charge in [-0.15, -0.1) is 11.8 Å². The van der Waals surface area contributed by atoms with Gasteiger partial charge in [0, 0.05) is 31.2 Å². The molecule has 3 rings (SSSR count). The monoisotopic (exact) mass is 420 g/mol. The molecule has 1 unspecified atom stereocenters. The molecule has 1 aliphatic rings. The van der Waals surface area contributed by atoms with Crippen molar-refractivity contribution in [1.82, 2.24) is 4.31 Å². The Morgan fingerprint density at radius 2 is 1.86 bits per heavy atom. The fourth-order valence-electron chi connectivity index (χ4n) is 3.11. The maximum absolute atomic E-state index is 13.0. The number of ether oxygens (including phenoxy) is 1. The minimum Gasteiger partial charge on any atom is -0.497 e. The van der Waals surface area contributed by atoms with Gasteiger partial charge in [0.25, 0.3) is 0 Å². The summed E-state index contributed by atoms with van der Waals surface area (Å²) >= 11 is 1.49. The molecule has 0 aliphatic carbocycles. The molecule has 0 spiro atoms. The van der Waals surface area contributed by atoms with E-state index in [1.54, 1.807) is 30.2 Å². The van der Waals surface area contributed by atoms with Crippen LogP contribution in [0.15, 0.2) is 52.3 Å². The van der Waals surface area contributed by atoms with Crippen LogP contribution in [0.25, 0.3) is 0 Å². The number of sulfonamides is 1. The van der Waals surface area contributed by atoms with Crippen molar-refractivity contribution >= 4 is 33.4 Å². The average molecular weight is 421 g/mol. The molecule has 2 aromatic rings. The SMILES string of the molecule is COc1ccc(SC(C)C(=O)N2CCc3cc(S(=O)(=O)N(C)C)ccc32)cc1. The highest BCUT2D eigenvalue weighted by molar-refractivity contribution is 8.00. The standard InChI is InChI=1S/C20H24N2O4S2/c1-14(27-17-7-5-16(26-4)6-8-17)20(23)22-12-11-15-13-18(9-10-19(15)22)28(24,25)21(2)3/h5-10,13-14H,11-12H2,1-4H3. The van der Waals surface area contributed by atoms with Gasteiger partial charge >= 0.3 is 0 Å². The third kappa shape index (κ3) is 4.04. The van der Waals surface area contributed by atoms with E-state index in [9.17, 15) is 13.2 Å². The Morgan fingerprint density at radius 3 is 2.46 bits per heavy atom. The van der Waals surface area contributed by atoms with E-state index in [0.29, 0.717) is 13.0 Å². The van der Waals surface area contributed by atoms with E-state index in [4.69, 9.17) is 4.74 Å². The number of methoxy groups -OCH3 is 1. The lowest BCUT2D eigenvalue weighted by Crippen LogP contribution is -2.35. The minimum absolute atomic E-state index is 0.0165. The van der Waals surface area contributed by atoms with E-state index in [2.05, 4.69) is 0 Å². The van der Waals surface area contributed by atoms with Gasteiger partial charge in [0.05, 0.1) is 17.3 Å². The lowest BCUT2D eigenvalue weighted by atomic mass is 10.2. The topological polar surface area (TPSA) is 66.9 Å². The molecule has 0 N–H and O–H groups in total. The van der Waals surface area contributed by atoms with E-state index < -0.39 is 10.0 Å². The Morgan fingerprint density at radius 1 is 1.18 bits per heavy atom. The summed E-state index contributed by atoms with van der Waals surface area (Å²) in [7, 11) is 1.16. The van der Waals surface area contributed by atoms with Gasteiger partial charge in [0.15, 0.2) is 0 Å². The average Bonchev–Trinajstić information content (AvgIpc) is 3.11. The first-order chi connectivity index (χ1) is 13.2. The second-order valence-corrected chi connectivity index (χ2v) is 10.3. The number of fused-ring (bicyclic) bond motifs is 1. The van der Waals surface area contributed by atoms with Crippen molar-refractivity contribution in [3.05, 3.63) is 48.0 Å². The summed E-state index contributed by atoms with van der Waals surface area (Å²) in [6, 6.07) is 12.6. The number of thioether (sulfide) groups is 1. The van der Waals surface area contributed by atoms with Crippen LogP contribution >= 0.6 is 11.8 Å². The Kier molecular flexibility index (Phi) is 6.02. The lowest BCUT2D eigenvalue weighted by molar-refractivity contribution is -0.117. The smallest absolute Gasteiger partial charge is 0.242 e. The molecule has 0 aromatic heterocycles. The van der Waals surface area contributed by atoms with E-state index in [0.717, 1.165) is 21.9 Å². The first kappa shape index (κ1) is 20.7. The molecule has 1 amide bonds. The maximum atomic E-state index is 13.0. The molecular formula is C20H24N2O4S2. The first-order valence-corrected chi connectivity index (χ1v) is 11.2. The zero-order valence-electron chi connectivity index (χ0n) is 16.4. The molecule has 1 atom stereocenters. The molecule has 8 heteroatoms. The largest absolute Gasteiger partial charge is 0.497 e. The van der Waals surface area contributed by atoms with Gasteiger partial charge < -0.3 is 9.64 Å². The van der Waals surface area contributed by atoms with Crippen LogP contribution in [0, 0.1) is 0 Å². The van der Waals surface area contributed by atoms with Crippen LogP contribution in [0.2, 0.25) is 0 Å². The van der Waals surface area contributed by atoms with Crippen molar-refractivity contribution in [2.24, 2.45) is 0 Å². The number of hydrogen-bond acceptors (Lipinski definition) is 5. The number of carbonyl (C=O) groups excluding carboxylic acids is 1. The van der Waals surface area contributed by atoms with Gasteiger partial charge in [-0.3, -0.25) is 4.79 Å². The van der Waals surface area contributed by atoms with Crippen molar-refractivity contribution < 1.29 is 17.9 Å². The van der Waals surface area contributed by atoms with Crippen molar-refractivity contribution in [1.29, 1.82) is 0 Å². The summed E-state index contributed by atoms with van der Waals surface area (Å²) in [4.78, 5) is 16.0. The molecule has 0 fully saturated rings. The maximum Gasteiger partial charge on any atom is 0.242 e. The zero-order valence-corrected chi connectivity index (χ0v) is 18.0. The van der Waals surface area contributed by atoms with Crippen LogP contribution in [0.3, 0.4) is 0 Å². The zero-order chi connectivity index (χ0) is 20.5. The second kappa shape index (κ2) is 8.14. The van der Waals surface area contributed by atoms with Crippen molar-refractivity contribution in [3.63, 3.8) is 0 Å². The summed E-state index contributed by atoms with van der Waals surface area (Å²) in [5.41, 5.74) is 1.68. The quantitative estimate of drug-likeness (QED) is 0.672. The number of amides is 1. The second-order valence-electron chi connectivity index (χ2n) is 6.75. The molecule has 1 heterocycles. The minimum atomic E-state index is -3.48. The summed E-state index contributed by atoms with van der Waals surface area (Å²) in [6.45, 7) is 2.45. The van der Waals surface area contributed by atoms with Crippen LogP contribution < -0.4 is 9.64 Å². The van der Waals surface area contributed by atoms with E-state index in [1.165, 1.54) is 30.2 Å². The lowest BCUT2D eigenvalue weighted by Gasteiger charge is -2.22. The number of anilines is 1. The Labute approximate surface area is 170 Å². The van der Waals surface area contributed by atoms with Crippen LogP contribution in [0.5, 0.6) is 5.75 Å². The summed E-state index contributed by atoms with van der Waals surface area (Å²) in [5, 5.41) is -0.260. The van der Waals surface area contributed by atoms with Gasteiger partial charge in [-0.05, 0) is 61.4 Å². The third-order valence-electron chi connectivity index (χ3n) is 4.71. The highest BCUT2D eigenvalue weighted by atomic mass is 32.2. The summed E-state index contributed by atoms with van der Waals surface area (Å²) in [5.74, 6) is 0.795. The van der Waals surface area contributed by atoms with Crippen LogP contribution in [-0.4, -0.2) is 51.6 Å². The summed E-state index contributed by atoms with van der Waals surface area (Å²) in [6.07, 6.45) is 0.651. The van der Waals surface area contributed by atoms with Crippen molar-refractivity contribution in [2.75, 3.05) is 32.6 Å². The van der Waals surface area contributed by atoms with Gasteiger partial charge in [-0.25, -0.2) is 12.7 Å². The number of carbonyl (C=O) groups is 1. The van der Waals surface area contributed by atoms with Crippen molar-refractivity contribution in [2.45, 2.75) is 28.4 Å². The number of rotatable bonds is 6. The van der Waals surface area contributed by atoms with Crippen LogP contribution in [0.1, 0.15) is 12.5 Å². The van der Waals surface area contributed by atoms with Gasteiger partial charge in [-0.1, -0.05) is 0 Å². The van der Waals surface area contributed by atoms with Crippen LogP contribution in [0.4, 0.5) is 5.69 Å². The molecular weight excluding hydrogens is 396 g/mol. The Bertz CT molecular complexity index is 972. The normalized spacial score (nSPS) is 14.8. The molecule has 0 saturated carbocycles. The molecule has 150 valence electrons. The van der Waals surface area contributed by atoms with E-state index in [-0.39, 0.29) is 16.1 Å². The van der Waals surface area contributed by atoms with E-state index >= 15 is 0 Å². The molecule has 0 radical (unpaired) electrons. The Hall–Kier alpha value is -2.03.